The fourth-order valence-corrected chi connectivity index (χ4v) is 3.69. The van der Waals surface area contributed by atoms with Crippen LogP contribution in [0.5, 0.6) is 5.75 Å². The van der Waals surface area contributed by atoms with Crippen molar-refractivity contribution in [3.8, 4) is 5.75 Å². The van der Waals surface area contributed by atoms with E-state index in [1.807, 2.05) is 43.3 Å². The van der Waals surface area contributed by atoms with Crippen molar-refractivity contribution in [3.05, 3.63) is 58.1 Å². The van der Waals surface area contributed by atoms with Gasteiger partial charge in [0.05, 0.1) is 18.6 Å². The van der Waals surface area contributed by atoms with Crippen LogP contribution in [0.3, 0.4) is 0 Å². The molecule has 0 bridgehead atoms. The minimum Gasteiger partial charge on any atom is -0.497 e. The zero-order chi connectivity index (χ0) is 16.2. The molecule has 2 aromatic carbocycles. The average Bonchev–Trinajstić information content (AvgIpc) is 2.48. The van der Waals surface area contributed by atoms with E-state index in [4.69, 9.17) is 4.74 Å². The third kappa shape index (κ3) is 4.74. The minimum absolute atomic E-state index is 0.0235. The van der Waals surface area contributed by atoms with Crippen molar-refractivity contribution in [2.45, 2.75) is 13.3 Å². The van der Waals surface area contributed by atoms with Crippen LogP contribution in [-0.2, 0) is 16.4 Å². The summed E-state index contributed by atoms with van der Waals surface area (Å²) in [5, 5.41) is 0. The summed E-state index contributed by atoms with van der Waals surface area (Å²) in [6.07, 6.45) is 0.433. The largest absolute Gasteiger partial charge is 0.497 e. The third-order valence-electron chi connectivity index (χ3n) is 3.25. The van der Waals surface area contributed by atoms with Crippen LogP contribution in [0.25, 0.3) is 0 Å². The van der Waals surface area contributed by atoms with Crippen molar-refractivity contribution in [2.75, 3.05) is 17.6 Å². The SMILES string of the molecule is COc1cccc(CCS(=O)(=O)Nc2ccc(Br)cc2C)c1. The molecule has 22 heavy (non-hydrogen) atoms. The Hall–Kier alpha value is -1.53. The van der Waals surface area contributed by atoms with Crippen molar-refractivity contribution in [2.24, 2.45) is 0 Å². The first kappa shape index (κ1) is 16.8. The number of nitrogens with one attached hydrogen (secondary N) is 1. The van der Waals surface area contributed by atoms with Gasteiger partial charge in [-0.15, -0.1) is 0 Å². The van der Waals surface area contributed by atoms with Gasteiger partial charge in [0, 0.05) is 4.47 Å². The van der Waals surface area contributed by atoms with Gasteiger partial charge in [-0.05, 0) is 54.8 Å². The van der Waals surface area contributed by atoms with E-state index in [1.54, 1.807) is 13.2 Å². The lowest BCUT2D eigenvalue weighted by Gasteiger charge is -2.11. The first-order chi connectivity index (χ1) is 10.4. The number of rotatable bonds is 6. The van der Waals surface area contributed by atoms with Crippen molar-refractivity contribution in [1.82, 2.24) is 0 Å². The Bertz CT molecular complexity index is 760. The van der Waals surface area contributed by atoms with Gasteiger partial charge in [0.15, 0.2) is 0 Å². The molecule has 0 unspecified atom stereocenters. The van der Waals surface area contributed by atoms with Crippen LogP contribution >= 0.6 is 15.9 Å². The maximum atomic E-state index is 12.2. The second-order valence-corrected chi connectivity index (χ2v) is 7.74. The quantitative estimate of drug-likeness (QED) is 0.825. The molecule has 118 valence electrons. The summed E-state index contributed by atoms with van der Waals surface area (Å²) in [7, 11) is -1.80. The molecule has 0 atom stereocenters. The van der Waals surface area contributed by atoms with Crippen LogP contribution in [0.1, 0.15) is 11.1 Å². The molecule has 0 aliphatic carbocycles. The van der Waals surface area contributed by atoms with Gasteiger partial charge in [0.25, 0.3) is 0 Å². The van der Waals surface area contributed by atoms with E-state index in [2.05, 4.69) is 20.7 Å². The van der Waals surface area contributed by atoms with Crippen LogP contribution in [0.4, 0.5) is 5.69 Å². The molecule has 0 radical (unpaired) electrons. The fraction of sp³-hybridized carbons (Fsp3) is 0.250. The zero-order valence-electron chi connectivity index (χ0n) is 12.5. The Labute approximate surface area is 139 Å². The lowest BCUT2D eigenvalue weighted by molar-refractivity contribution is 0.414. The normalized spacial score (nSPS) is 11.2. The summed E-state index contributed by atoms with van der Waals surface area (Å²) in [6, 6.07) is 12.9. The van der Waals surface area contributed by atoms with Crippen LogP contribution in [0, 0.1) is 6.92 Å². The second-order valence-electron chi connectivity index (χ2n) is 4.98. The number of aryl methyl sites for hydroxylation is 2. The zero-order valence-corrected chi connectivity index (χ0v) is 14.9. The predicted molar refractivity (Wildman–Crippen MR) is 93.0 cm³/mol. The Morgan fingerprint density at radius 3 is 2.64 bits per heavy atom. The topological polar surface area (TPSA) is 55.4 Å². The number of hydrogen-bond acceptors (Lipinski definition) is 3. The van der Waals surface area contributed by atoms with Gasteiger partial charge in [-0.2, -0.15) is 0 Å². The Morgan fingerprint density at radius 2 is 1.95 bits per heavy atom. The number of ether oxygens (including phenoxy) is 1. The number of benzene rings is 2. The van der Waals surface area contributed by atoms with E-state index >= 15 is 0 Å². The summed E-state index contributed by atoms with van der Waals surface area (Å²) < 4.78 is 33.1. The van der Waals surface area contributed by atoms with E-state index < -0.39 is 10.0 Å². The summed E-state index contributed by atoms with van der Waals surface area (Å²) in [6.45, 7) is 1.87. The van der Waals surface area contributed by atoms with Gasteiger partial charge < -0.3 is 4.74 Å². The Morgan fingerprint density at radius 1 is 1.18 bits per heavy atom. The molecule has 0 aliphatic rings. The van der Waals surface area contributed by atoms with Crippen LogP contribution in [0.15, 0.2) is 46.9 Å². The van der Waals surface area contributed by atoms with Gasteiger partial charge in [0.2, 0.25) is 10.0 Å². The van der Waals surface area contributed by atoms with Crippen molar-refractivity contribution >= 4 is 31.6 Å². The van der Waals surface area contributed by atoms with Gasteiger partial charge in [-0.25, -0.2) is 8.42 Å². The van der Waals surface area contributed by atoms with E-state index in [9.17, 15) is 8.42 Å². The third-order valence-corrected chi connectivity index (χ3v) is 5.01. The minimum atomic E-state index is -3.39. The molecule has 0 aliphatic heterocycles. The predicted octanol–water partition coefficient (Wildman–Crippen LogP) is 3.75. The molecule has 6 heteroatoms. The summed E-state index contributed by atoms with van der Waals surface area (Å²) in [5.74, 6) is 0.752. The van der Waals surface area contributed by atoms with Crippen molar-refractivity contribution in [1.29, 1.82) is 0 Å². The lowest BCUT2D eigenvalue weighted by Crippen LogP contribution is -2.18. The van der Waals surface area contributed by atoms with Gasteiger partial charge in [-0.3, -0.25) is 4.72 Å². The van der Waals surface area contributed by atoms with E-state index in [1.165, 1.54) is 0 Å². The van der Waals surface area contributed by atoms with Crippen LogP contribution < -0.4 is 9.46 Å². The Kier molecular flexibility index (Phi) is 5.47. The highest BCUT2D eigenvalue weighted by atomic mass is 79.9. The number of methoxy groups -OCH3 is 1. The monoisotopic (exact) mass is 383 g/mol. The van der Waals surface area contributed by atoms with Crippen LogP contribution in [-0.4, -0.2) is 21.3 Å². The maximum absolute atomic E-state index is 12.2. The summed E-state index contributed by atoms with van der Waals surface area (Å²) in [5.41, 5.74) is 2.41. The number of anilines is 1. The molecule has 2 aromatic rings. The smallest absolute Gasteiger partial charge is 0.233 e. The molecule has 0 spiro atoms. The molecule has 0 fully saturated rings. The number of hydrogen-bond donors (Lipinski definition) is 1. The molecular weight excluding hydrogens is 366 g/mol. The molecule has 0 saturated heterocycles. The summed E-state index contributed by atoms with van der Waals surface area (Å²) in [4.78, 5) is 0. The average molecular weight is 384 g/mol. The van der Waals surface area contributed by atoms with E-state index in [-0.39, 0.29) is 5.75 Å². The molecule has 0 heterocycles. The van der Waals surface area contributed by atoms with E-state index in [0.717, 1.165) is 21.3 Å². The number of halogens is 1. The highest BCUT2D eigenvalue weighted by molar-refractivity contribution is 9.10. The standard InChI is InChI=1S/C16H18BrNO3S/c1-12-10-14(17)6-7-16(12)18-22(19,20)9-8-13-4-3-5-15(11-13)21-2/h3-7,10-11,18H,8-9H2,1-2H3. The first-order valence-corrected chi connectivity index (χ1v) is 9.24. The van der Waals surface area contributed by atoms with E-state index in [0.29, 0.717) is 12.1 Å². The fourth-order valence-electron chi connectivity index (χ4n) is 2.04. The lowest BCUT2D eigenvalue weighted by atomic mass is 10.2. The van der Waals surface area contributed by atoms with Gasteiger partial charge in [0.1, 0.15) is 5.75 Å². The molecular formula is C16H18BrNO3S. The van der Waals surface area contributed by atoms with Crippen molar-refractivity contribution in [3.63, 3.8) is 0 Å². The van der Waals surface area contributed by atoms with Gasteiger partial charge in [-0.1, -0.05) is 28.1 Å². The molecule has 2 rings (SSSR count). The van der Waals surface area contributed by atoms with Crippen LogP contribution in [0.2, 0.25) is 0 Å². The number of sulfonamides is 1. The molecule has 0 aromatic heterocycles. The second kappa shape index (κ2) is 7.15. The molecule has 0 amide bonds. The van der Waals surface area contributed by atoms with Gasteiger partial charge >= 0.3 is 0 Å². The Balaban J connectivity index is 2.04. The highest BCUT2D eigenvalue weighted by Crippen LogP contribution is 2.21. The molecule has 0 saturated carbocycles. The summed E-state index contributed by atoms with van der Waals surface area (Å²) >= 11 is 3.36. The molecule has 4 nitrogen and oxygen atoms in total. The first-order valence-electron chi connectivity index (χ1n) is 6.79. The molecule has 1 N–H and O–H groups in total. The van der Waals surface area contributed by atoms with Crippen molar-refractivity contribution < 1.29 is 13.2 Å². The highest BCUT2D eigenvalue weighted by Gasteiger charge is 2.12. The maximum Gasteiger partial charge on any atom is 0.233 e.